The van der Waals surface area contributed by atoms with Crippen molar-refractivity contribution in [3.05, 3.63) is 72.3 Å². The van der Waals surface area contributed by atoms with Crippen LogP contribution in [0.2, 0.25) is 0 Å². The van der Waals surface area contributed by atoms with E-state index in [0.717, 1.165) is 28.4 Å². The maximum atomic E-state index is 5.83. The van der Waals surface area contributed by atoms with Crippen LogP contribution in [-0.2, 0) is 5.54 Å². The molecule has 4 rings (SSSR count). The zero-order valence-corrected chi connectivity index (χ0v) is 19.3. The Bertz CT molecular complexity index is 1070. The number of rotatable bonds is 5. The number of hydrogen-bond acceptors (Lipinski definition) is 4. The Labute approximate surface area is 188 Å². The van der Waals surface area contributed by atoms with E-state index in [4.69, 9.17) is 21.7 Å². The van der Waals surface area contributed by atoms with E-state index in [1.807, 2.05) is 42.6 Å². The van der Waals surface area contributed by atoms with E-state index in [1.165, 1.54) is 0 Å². The lowest BCUT2D eigenvalue weighted by Crippen LogP contribution is -2.29. The summed E-state index contributed by atoms with van der Waals surface area (Å²) in [7, 11) is 3.32. The van der Waals surface area contributed by atoms with Crippen molar-refractivity contribution in [3.63, 3.8) is 0 Å². The number of anilines is 1. The van der Waals surface area contributed by atoms with Gasteiger partial charge in [0.2, 0.25) is 0 Å². The van der Waals surface area contributed by atoms with Gasteiger partial charge in [-0.15, -0.1) is 0 Å². The molecule has 3 heterocycles. The maximum absolute atomic E-state index is 5.83. The number of aromatic nitrogens is 2. The van der Waals surface area contributed by atoms with Crippen molar-refractivity contribution >= 4 is 23.0 Å². The standard InChI is InChI=1S/C24H28N4O2S/c1-24(2,3)27-13-11-16(15-27)22-21(18-8-6-7-12-25-18)26-23(31)28(22)19-14-17(29-4)9-10-20(19)30-5/h6-15,21-22H,1-5H3,(H,26,31)/t21-,22-/m1/s1. The number of nitrogens with one attached hydrogen (secondary N) is 1. The Morgan fingerprint density at radius 2 is 1.87 bits per heavy atom. The number of thiocarbonyl (C=S) groups is 1. The first-order valence-corrected chi connectivity index (χ1v) is 10.7. The normalized spacial score (nSPS) is 18.7. The predicted molar refractivity (Wildman–Crippen MR) is 127 cm³/mol. The Morgan fingerprint density at radius 3 is 2.48 bits per heavy atom. The third-order valence-electron chi connectivity index (χ3n) is 5.58. The minimum Gasteiger partial charge on any atom is -0.497 e. The van der Waals surface area contributed by atoms with Gasteiger partial charge in [-0.2, -0.15) is 0 Å². The number of nitrogens with zero attached hydrogens (tertiary/aromatic N) is 3. The molecule has 6 nitrogen and oxygen atoms in total. The van der Waals surface area contributed by atoms with E-state index < -0.39 is 0 Å². The van der Waals surface area contributed by atoms with E-state index in [9.17, 15) is 0 Å². The van der Waals surface area contributed by atoms with Crippen LogP contribution in [0.15, 0.2) is 61.1 Å². The van der Waals surface area contributed by atoms with Crippen LogP contribution in [-0.4, -0.2) is 28.9 Å². The molecule has 0 bridgehead atoms. The first kappa shape index (κ1) is 21.2. The van der Waals surface area contributed by atoms with Crippen molar-refractivity contribution in [2.24, 2.45) is 0 Å². The fourth-order valence-corrected chi connectivity index (χ4v) is 4.28. The number of pyridine rings is 1. The molecule has 2 atom stereocenters. The summed E-state index contributed by atoms with van der Waals surface area (Å²) in [5, 5.41) is 4.11. The Hall–Kier alpha value is -3.06. The van der Waals surface area contributed by atoms with Crippen molar-refractivity contribution in [1.29, 1.82) is 0 Å². The molecule has 162 valence electrons. The predicted octanol–water partition coefficient (Wildman–Crippen LogP) is 4.83. The SMILES string of the molecule is COc1ccc(OC)c(N2C(=S)N[C@H](c3ccccn3)[C@H]2c2ccn(C(C)(C)C)c2)c1. The lowest BCUT2D eigenvalue weighted by atomic mass is 9.98. The van der Waals surface area contributed by atoms with Crippen molar-refractivity contribution in [1.82, 2.24) is 14.9 Å². The third-order valence-corrected chi connectivity index (χ3v) is 5.89. The quantitative estimate of drug-likeness (QED) is 0.578. The summed E-state index contributed by atoms with van der Waals surface area (Å²) in [5.41, 5.74) is 2.90. The molecule has 2 aromatic heterocycles. The molecule has 7 heteroatoms. The summed E-state index contributed by atoms with van der Waals surface area (Å²) >= 11 is 5.83. The summed E-state index contributed by atoms with van der Waals surface area (Å²) in [5.74, 6) is 1.47. The van der Waals surface area contributed by atoms with E-state index in [1.54, 1.807) is 14.2 Å². The number of benzene rings is 1. The van der Waals surface area contributed by atoms with Gasteiger partial charge >= 0.3 is 0 Å². The lowest BCUT2D eigenvalue weighted by Gasteiger charge is -2.29. The molecule has 0 aliphatic carbocycles. The van der Waals surface area contributed by atoms with Gasteiger partial charge < -0.3 is 24.3 Å². The fourth-order valence-electron chi connectivity index (χ4n) is 3.94. The van der Waals surface area contributed by atoms with Gasteiger partial charge in [-0.3, -0.25) is 4.98 Å². The van der Waals surface area contributed by atoms with Gasteiger partial charge in [-0.05, 0) is 68.9 Å². The summed E-state index contributed by atoms with van der Waals surface area (Å²) in [6.07, 6.45) is 6.12. The van der Waals surface area contributed by atoms with E-state index in [-0.39, 0.29) is 17.6 Å². The minimum atomic E-state index is -0.111. The molecular formula is C24H28N4O2S. The van der Waals surface area contributed by atoms with Crippen LogP contribution in [0.4, 0.5) is 5.69 Å². The van der Waals surface area contributed by atoms with Crippen LogP contribution < -0.4 is 19.7 Å². The second-order valence-electron chi connectivity index (χ2n) is 8.56. The molecule has 0 spiro atoms. The number of ether oxygens (including phenoxy) is 2. The minimum absolute atomic E-state index is 0.0240. The lowest BCUT2D eigenvalue weighted by molar-refractivity contribution is 0.396. The molecule has 31 heavy (non-hydrogen) atoms. The first-order chi connectivity index (χ1) is 14.8. The molecule has 1 aliphatic rings. The van der Waals surface area contributed by atoms with E-state index in [0.29, 0.717) is 5.11 Å². The highest BCUT2D eigenvalue weighted by Gasteiger charge is 2.42. The second-order valence-corrected chi connectivity index (χ2v) is 8.94. The van der Waals surface area contributed by atoms with Crippen LogP contribution in [0.3, 0.4) is 0 Å². The van der Waals surface area contributed by atoms with Crippen LogP contribution in [0.25, 0.3) is 0 Å². The Kier molecular flexibility index (Phi) is 5.62. The van der Waals surface area contributed by atoms with Gasteiger partial charge in [0.1, 0.15) is 11.5 Å². The molecule has 0 unspecified atom stereocenters. The van der Waals surface area contributed by atoms with Gasteiger partial charge in [-0.25, -0.2) is 0 Å². The molecule has 0 amide bonds. The molecule has 1 fully saturated rings. The zero-order chi connectivity index (χ0) is 22.2. The maximum Gasteiger partial charge on any atom is 0.174 e. The van der Waals surface area contributed by atoms with Gasteiger partial charge in [-0.1, -0.05) is 6.07 Å². The molecule has 1 aliphatic heterocycles. The van der Waals surface area contributed by atoms with Gasteiger partial charge in [0.05, 0.1) is 37.7 Å². The molecule has 1 aromatic carbocycles. The smallest absolute Gasteiger partial charge is 0.174 e. The van der Waals surface area contributed by atoms with Crippen LogP contribution in [0.5, 0.6) is 11.5 Å². The Morgan fingerprint density at radius 1 is 1.06 bits per heavy atom. The summed E-state index contributed by atoms with van der Waals surface area (Å²) in [6.45, 7) is 6.56. The van der Waals surface area contributed by atoms with Gasteiger partial charge in [0.15, 0.2) is 5.11 Å². The Balaban J connectivity index is 1.87. The number of hydrogen-bond donors (Lipinski definition) is 1. The third kappa shape index (κ3) is 3.97. The van der Waals surface area contributed by atoms with E-state index in [2.05, 4.69) is 59.0 Å². The average molecular weight is 437 g/mol. The summed E-state index contributed by atoms with van der Waals surface area (Å²) in [6, 6.07) is 13.6. The summed E-state index contributed by atoms with van der Waals surface area (Å²) in [4.78, 5) is 6.73. The second kappa shape index (κ2) is 8.23. The molecule has 0 radical (unpaired) electrons. The van der Waals surface area contributed by atoms with E-state index >= 15 is 0 Å². The fraction of sp³-hybridized carbons (Fsp3) is 0.333. The molecule has 1 saturated heterocycles. The van der Waals surface area contributed by atoms with Crippen LogP contribution >= 0.6 is 12.2 Å². The van der Waals surface area contributed by atoms with Crippen molar-refractivity contribution in [3.8, 4) is 11.5 Å². The largest absolute Gasteiger partial charge is 0.497 e. The number of methoxy groups -OCH3 is 2. The first-order valence-electron chi connectivity index (χ1n) is 10.2. The highest BCUT2D eigenvalue weighted by molar-refractivity contribution is 7.80. The monoisotopic (exact) mass is 436 g/mol. The molecule has 0 saturated carbocycles. The van der Waals surface area contributed by atoms with Gasteiger partial charge in [0.25, 0.3) is 0 Å². The average Bonchev–Trinajstić information content (AvgIpc) is 3.38. The molecular weight excluding hydrogens is 408 g/mol. The van der Waals surface area contributed by atoms with Crippen LogP contribution in [0, 0.1) is 0 Å². The van der Waals surface area contributed by atoms with Crippen molar-refractivity contribution in [2.75, 3.05) is 19.1 Å². The summed E-state index contributed by atoms with van der Waals surface area (Å²) < 4.78 is 13.4. The van der Waals surface area contributed by atoms with Crippen molar-refractivity contribution in [2.45, 2.75) is 38.4 Å². The highest BCUT2D eigenvalue weighted by Crippen LogP contribution is 2.45. The van der Waals surface area contributed by atoms with Gasteiger partial charge in [0, 0.05) is 30.2 Å². The molecule has 3 aromatic rings. The highest BCUT2D eigenvalue weighted by atomic mass is 32.1. The van der Waals surface area contributed by atoms with Crippen LogP contribution in [0.1, 0.15) is 44.1 Å². The van der Waals surface area contributed by atoms with Crippen molar-refractivity contribution < 1.29 is 9.47 Å². The topological polar surface area (TPSA) is 51.6 Å². The zero-order valence-electron chi connectivity index (χ0n) is 18.5. The molecule has 1 N–H and O–H groups in total.